The van der Waals surface area contributed by atoms with Crippen LogP contribution >= 0.6 is 0 Å². The van der Waals surface area contributed by atoms with Crippen LogP contribution in [0.4, 0.5) is 0 Å². The summed E-state index contributed by atoms with van der Waals surface area (Å²) in [7, 11) is 0. The van der Waals surface area contributed by atoms with Crippen molar-refractivity contribution in [2.75, 3.05) is 58.9 Å². The smallest absolute Gasteiger partial charge is 0.239 e. The number of unbranched alkanes of at least 4 members (excludes halogenated alkanes) is 7. The quantitative estimate of drug-likeness (QED) is 0.160. The number of carbonyl (C=O) groups is 2. The van der Waals surface area contributed by atoms with Gasteiger partial charge in [0.15, 0.2) is 11.9 Å². The van der Waals surface area contributed by atoms with Crippen molar-refractivity contribution in [2.24, 2.45) is 0 Å². The number of carbonyl (C=O) groups excluding carboxylic acids is 2. The average Bonchev–Trinajstić information content (AvgIpc) is 3.48. The summed E-state index contributed by atoms with van der Waals surface area (Å²) in [6.45, 7) is 9.92. The molecule has 0 aliphatic carbocycles. The molecule has 4 N–H and O–H groups in total. The minimum absolute atomic E-state index is 0.0570. The van der Waals surface area contributed by atoms with Gasteiger partial charge in [0.1, 0.15) is 0 Å². The topological polar surface area (TPSA) is 119 Å². The number of amides is 2. The predicted octanol–water partition coefficient (Wildman–Crippen LogP) is 3.88. The fourth-order valence-electron chi connectivity index (χ4n) is 5.91. The predicted molar refractivity (Wildman–Crippen MR) is 174 cm³/mol. The molecule has 0 bridgehead atoms. The first-order valence-corrected chi connectivity index (χ1v) is 16.7. The van der Waals surface area contributed by atoms with Gasteiger partial charge in [-0.15, -0.1) is 0 Å². The summed E-state index contributed by atoms with van der Waals surface area (Å²) in [4.78, 5) is 33.2. The Balaban J connectivity index is 1.30. The summed E-state index contributed by atoms with van der Waals surface area (Å²) in [5.74, 6) is 0.803. The first-order chi connectivity index (χ1) is 20.9. The zero-order chi connectivity index (χ0) is 30.9. The summed E-state index contributed by atoms with van der Waals surface area (Å²) < 4.78 is 0. The van der Waals surface area contributed by atoms with Crippen molar-refractivity contribution in [3.8, 4) is 0 Å². The Morgan fingerprint density at radius 1 is 0.721 bits per heavy atom. The van der Waals surface area contributed by atoms with Crippen molar-refractivity contribution >= 4 is 23.7 Å². The van der Waals surface area contributed by atoms with Gasteiger partial charge in [-0.3, -0.25) is 20.4 Å². The van der Waals surface area contributed by atoms with Crippen LogP contribution in [0, 0.1) is 10.8 Å². The maximum atomic E-state index is 12.7. The average molecular weight is 597 g/mol. The highest BCUT2D eigenvalue weighted by Crippen LogP contribution is 2.20. The van der Waals surface area contributed by atoms with Crippen molar-refractivity contribution in [1.82, 2.24) is 30.2 Å². The van der Waals surface area contributed by atoms with Gasteiger partial charge >= 0.3 is 0 Å². The number of hydrogen-bond donors (Lipinski definition) is 4. The number of nitrogens with zero attached hydrogens (tertiary/aromatic N) is 4. The lowest BCUT2D eigenvalue weighted by Crippen LogP contribution is -2.41. The third kappa shape index (κ3) is 11.7. The molecule has 10 nitrogen and oxygen atoms in total. The Labute approximate surface area is 259 Å². The third-order valence-corrected chi connectivity index (χ3v) is 8.45. The van der Waals surface area contributed by atoms with Crippen molar-refractivity contribution in [3.63, 3.8) is 0 Å². The van der Waals surface area contributed by atoms with Crippen LogP contribution in [0.2, 0.25) is 0 Å². The van der Waals surface area contributed by atoms with E-state index in [1.54, 1.807) is 0 Å². The molecule has 1 aromatic carbocycles. The lowest BCUT2D eigenvalue weighted by atomic mass is 10.1. The molecular weight excluding hydrogens is 540 g/mol. The minimum atomic E-state index is -0.0631. The van der Waals surface area contributed by atoms with Crippen LogP contribution < -0.4 is 10.6 Å². The first-order valence-electron chi connectivity index (χ1n) is 16.7. The second-order valence-electron chi connectivity index (χ2n) is 12.0. The highest BCUT2D eigenvalue weighted by Gasteiger charge is 2.34. The van der Waals surface area contributed by atoms with E-state index in [1.807, 2.05) is 15.9 Å². The van der Waals surface area contributed by atoms with E-state index in [1.165, 1.54) is 44.1 Å². The first kappa shape index (κ1) is 34.2. The van der Waals surface area contributed by atoms with E-state index in [0.29, 0.717) is 31.6 Å². The molecule has 10 heteroatoms. The summed E-state index contributed by atoms with van der Waals surface area (Å²) in [6.07, 6.45) is 11.8. The van der Waals surface area contributed by atoms with Gasteiger partial charge in [-0.1, -0.05) is 82.7 Å². The van der Waals surface area contributed by atoms with E-state index in [2.05, 4.69) is 58.5 Å². The summed E-state index contributed by atoms with van der Waals surface area (Å²) in [5.41, 5.74) is 1.26. The summed E-state index contributed by atoms with van der Waals surface area (Å²) in [5, 5.41) is 23.1. The number of nitrogens with one attached hydrogen (secondary N) is 4. The SMILES string of the molecule is CCCCCCN1CCN(CC(=O)NCCCCNC(=O)CN2CC(Cc3ccccc3)N(CCCCCC)C2=N)C1=N. The molecule has 0 saturated carbocycles. The van der Waals surface area contributed by atoms with Crippen LogP contribution in [0.3, 0.4) is 0 Å². The van der Waals surface area contributed by atoms with Crippen molar-refractivity contribution < 1.29 is 9.59 Å². The second-order valence-corrected chi connectivity index (χ2v) is 12.0. The molecule has 2 amide bonds. The summed E-state index contributed by atoms with van der Waals surface area (Å²) in [6, 6.07) is 10.6. The van der Waals surface area contributed by atoms with E-state index < -0.39 is 0 Å². The Kier molecular flexibility index (Phi) is 15.2. The van der Waals surface area contributed by atoms with Crippen LogP contribution in [0.1, 0.15) is 83.6 Å². The minimum Gasteiger partial charge on any atom is -0.355 e. The maximum Gasteiger partial charge on any atom is 0.239 e. The van der Waals surface area contributed by atoms with Gasteiger partial charge in [-0.2, -0.15) is 0 Å². The standard InChI is InChI=1S/C33H56N8O2/c1-3-5-7-14-20-38-22-23-39(32(38)34)26-30(42)36-18-12-13-19-37-31(43)27-40-25-29(24-28-16-10-9-11-17-28)41(33(40)35)21-15-8-6-4-2/h9-11,16-17,29,34-35H,3-8,12-15,18-27H2,1-2H3,(H,36,42)(H,37,43). The third-order valence-electron chi connectivity index (χ3n) is 8.45. The van der Waals surface area contributed by atoms with Crippen molar-refractivity contribution in [2.45, 2.75) is 90.5 Å². The lowest BCUT2D eigenvalue weighted by molar-refractivity contribution is -0.122. The normalized spacial score (nSPS) is 16.8. The second kappa shape index (κ2) is 19.1. The van der Waals surface area contributed by atoms with Gasteiger partial charge in [-0.05, 0) is 37.7 Å². The van der Waals surface area contributed by atoms with Gasteiger partial charge in [0.2, 0.25) is 11.8 Å². The molecular formula is C33H56N8O2. The van der Waals surface area contributed by atoms with Gasteiger partial charge in [-0.25, -0.2) is 0 Å². The summed E-state index contributed by atoms with van der Waals surface area (Å²) >= 11 is 0. The number of hydrogen-bond acceptors (Lipinski definition) is 4. The molecule has 1 aromatic rings. The number of benzene rings is 1. The van der Waals surface area contributed by atoms with Gasteiger partial charge < -0.3 is 30.2 Å². The van der Waals surface area contributed by atoms with Crippen molar-refractivity contribution in [3.05, 3.63) is 35.9 Å². The maximum absolute atomic E-state index is 12.7. The fraction of sp³-hybridized carbons (Fsp3) is 0.697. The Bertz CT molecular complexity index is 1000. The molecule has 43 heavy (non-hydrogen) atoms. The Hall–Kier alpha value is -3.30. The molecule has 3 rings (SSSR count). The van der Waals surface area contributed by atoms with E-state index in [9.17, 15) is 9.59 Å². The zero-order valence-corrected chi connectivity index (χ0v) is 26.7. The molecule has 2 aliphatic rings. The lowest BCUT2D eigenvalue weighted by Gasteiger charge is -2.25. The molecule has 0 radical (unpaired) electrons. The molecule has 0 spiro atoms. The molecule has 1 unspecified atom stereocenters. The number of guanidine groups is 2. The molecule has 2 fully saturated rings. The van der Waals surface area contributed by atoms with Gasteiger partial charge in [0, 0.05) is 45.8 Å². The van der Waals surface area contributed by atoms with Crippen LogP contribution in [0.5, 0.6) is 0 Å². The molecule has 2 saturated heterocycles. The molecule has 2 aliphatic heterocycles. The van der Waals surface area contributed by atoms with Crippen LogP contribution in [-0.4, -0.2) is 108 Å². The monoisotopic (exact) mass is 596 g/mol. The van der Waals surface area contributed by atoms with Crippen LogP contribution in [0.15, 0.2) is 30.3 Å². The van der Waals surface area contributed by atoms with Gasteiger partial charge in [0.25, 0.3) is 0 Å². The molecule has 2 heterocycles. The Morgan fingerprint density at radius 2 is 1.30 bits per heavy atom. The molecule has 0 aromatic heterocycles. The van der Waals surface area contributed by atoms with Crippen LogP contribution in [0.25, 0.3) is 0 Å². The van der Waals surface area contributed by atoms with E-state index in [0.717, 1.165) is 58.3 Å². The molecule has 1 atom stereocenters. The number of rotatable bonds is 21. The van der Waals surface area contributed by atoms with Crippen molar-refractivity contribution in [1.29, 1.82) is 10.8 Å². The van der Waals surface area contributed by atoms with Crippen LogP contribution in [-0.2, 0) is 16.0 Å². The Morgan fingerprint density at radius 3 is 1.93 bits per heavy atom. The van der Waals surface area contributed by atoms with E-state index in [4.69, 9.17) is 10.8 Å². The van der Waals surface area contributed by atoms with Gasteiger partial charge in [0.05, 0.1) is 19.1 Å². The highest BCUT2D eigenvalue weighted by atomic mass is 16.2. The molecule has 240 valence electrons. The highest BCUT2D eigenvalue weighted by molar-refractivity contribution is 5.87. The zero-order valence-electron chi connectivity index (χ0n) is 26.7. The van der Waals surface area contributed by atoms with E-state index >= 15 is 0 Å². The largest absolute Gasteiger partial charge is 0.355 e. The fourth-order valence-corrected chi connectivity index (χ4v) is 5.91. The van der Waals surface area contributed by atoms with E-state index in [-0.39, 0.29) is 30.9 Å².